The topological polar surface area (TPSA) is 39.1 Å². The van der Waals surface area contributed by atoms with E-state index in [1.807, 2.05) is 6.20 Å². The van der Waals surface area contributed by atoms with Gasteiger partial charge in [-0.15, -0.1) is 0 Å². The summed E-state index contributed by atoms with van der Waals surface area (Å²) in [6.07, 6.45) is 7.37. The SMILES string of the molecule is CCCNC(c1c(Br)cnn1CCOC)C1C2CCCC21. The summed E-state index contributed by atoms with van der Waals surface area (Å²) in [6.45, 7) is 4.83. The molecule has 1 aromatic rings. The van der Waals surface area contributed by atoms with Crippen molar-refractivity contribution in [2.75, 3.05) is 20.3 Å². The largest absolute Gasteiger partial charge is 0.383 e. The van der Waals surface area contributed by atoms with Crippen LogP contribution in [-0.4, -0.2) is 30.0 Å². The highest BCUT2D eigenvalue weighted by molar-refractivity contribution is 9.10. The molecule has 0 spiro atoms. The standard InChI is InChI=1S/C16H26BrN3O/c1-3-7-18-15(14-11-5-4-6-12(11)14)16-13(17)10-19-20(16)8-9-21-2/h10-12,14-15,18H,3-9H2,1-2H3. The Morgan fingerprint density at radius 1 is 1.48 bits per heavy atom. The predicted molar refractivity (Wildman–Crippen MR) is 87.2 cm³/mol. The van der Waals surface area contributed by atoms with Crippen LogP contribution >= 0.6 is 15.9 Å². The molecular weight excluding hydrogens is 330 g/mol. The van der Waals surface area contributed by atoms with Crippen LogP contribution < -0.4 is 5.32 Å². The number of hydrogen-bond donors (Lipinski definition) is 1. The molecule has 0 bridgehead atoms. The molecule has 1 aromatic heterocycles. The fraction of sp³-hybridized carbons (Fsp3) is 0.812. The Bertz CT molecular complexity index is 466. The smallest absolute Gasteiger partial charge is 0.0699 e. The van der Waals surface area contributed by atoms with Crippen molar-refractivity contribution in [3.05, 3.63) is 16.4 Å². The molecule has 1 N–H and O–H groups in total. The molecule has 0 radical (unpaired) electrons. The Kier molecular flexibility index (Phi) is 5.02. The highest BCUT2D eigenvalue weighted by atomic mass is 79.9. The first-order valence-electron chi connectivity index (χ1n) is 8.21. The summed E-state index contributed by atoms with van der Waals surface area (Å²) in [6, 6.07) is 0.439. The summed E-state index contributed by atoms with van der Waals surface area (Å²) >= 11 is 3.71. The van der Waals surface area contributed by atoms with Gasteiger partial charge in [0, 0.05) is 7.11 Å². The van der Waals surface area contributed by atoms with E-state index < -0.39 is 0 Å². The maximum absolute atomic E-state index is 5.23. The van der Waals surface area contributed by atoms with Crippen molar-refractivity contribution in [1.82, 2.24) is 15.1 Å². The van der Waals surface area contributed by atoms with Crippen molar-refractivity contribution in [1.29, 1.82) is 0 Å². The van der Waals surface area contributed by atoms with Gasteiger partial charge in [0.1, 0.15) is 0 Å². The molecule has 3 atom stereocenters. The average Bonchev–Trinajstić information content (AvgIpc) is 2.84. The first-order valence-corrected chi connectivity index (χ1v) is 9.00. The van der Waals surface area contributed by atoms with Crippen LogP contribution in [0, 0.1) is 17.8 Å². The molecule has 1 heterocycles. The van der Waals surface area contributed by atoms with E-state index in [-0.39, 0.29) is 0 Å². The number of halogens is 1. The number of aromatic nitrogens is 2. The zero-order chi connectivity index (χ0) is 14.8. The summed E-state index contributed by atoms with van der Waals surface area (Å²) in [5.41, 5.74) is 1.32. The van der Waals surface area contributed by atoms with Gasteiger partial charge in [-0.25, -0.2) is 0 Å². The second-order valence-electron chi connectivity index (χ2n) is 6.36. The van der Waals surface area contributed by atoms with E-state index in [1.165, 1.54) is 31.4 Å². The first kappa shape index (κ1) is 15.5. The quantitative estimate of drug-likeness (QED) is 0.776. The van der Waals surface area contributed by atoms with Crippen LogP contribution in [0.4, 0.5) is 0 Å². The number of ether oxygens (including phenoxy) is 1. The Labute approximate surface area is 135 Å². The highest BCUT2D eigenvalue weighted by Crippen LogP contribution is 2.62. The maximum atomic E-state index is 5.23. The maximum Gasteiger partial charge on any atom is 0.0699 e. The summed E-state index contributed by atoms with van der Waals surface area (Å²) < 4.78 is 8.48. The Hall–Kier alpha value is -0.390. The van der Waals surface area contributed by atoms with Crippen LogP contribution in [0.2, 0.25) is 0 Å². The van der Waals surface area contributed by atoms with Gasteiger partial charge < -0.3 is 10.1 Å². The molecular formula is C16H26BrN3O. The minimum atomic E-state index is 0.439. The van der Waals surface area contributed by atoms with Crippen molar-refractivity contribution in [2.24, 2.45) is 17.8 Å². The lowest BCUT2D eigenvalue weighted by Gasteiger charge is -2.22. The van der Waals surface area contributed by atoms with Crippen molar-refractivity contribution in [3.63, 3.8) is 0 Å². The molecule has 3 rings (SSSR count). The number of hydrogen-bond acceptors (Lipinski definition) is 3. The average molecular weight is 356 g/mol. The van der Waals surface area contributed by atoms with E-state index in [0.29, 0.717) is 12.6 Å². The molecule has 2 fully saturated rings. The Balaban J connectivity index is 1.80. The van der Waals surface area contributed by atoms with E-state index in [4.69, 9.17) is 4.74 Å². The van der Waals surface area contributed by atoms with Crippen LogP contribution in [0.25, 0.3) is 0 Å². The lowest BCUT2D eigenvalue weighted by atomic mass is 10.0. The van der Waals surface area contributed by atoms with Gasteiger partial charge in [0.15, 0.2) is 0 Å². The molecule has 118 valence electrons. The van der Waals surface area contributed by atoms with Gasteiger partial charge in [0.05, 0.1) is 35.6 Å². The Morgan fingerprint density at radius 2 is 2.24 bits per heavy atom. The van der Waals surface area contributed by atoms with E-state index in [1.54, 1.807) is 7.11 Å². The Morgan fingerprint density at radius 3 is 2.90 bits per heavy atom. The minimum Gasteiger partial charge on any atom is -0.383 e. The van der Waals surface area contributed by atoms with Crippen LogP contribution in [0.3, 0.4) is 0 Å². The number of fused-ring (bicyclic) bond motifs is 1. The molecule has 2 saturated carbocycles. The zero-order valence-electron chi connectivity index (χ0n) is 13.0. The van der Waals surface area contributed by atoms with E-state index in [9.17, 15) is 0 Å². The van der Waals surface area contributed by atoms with E-state index in [2.05, 4.69) is 38.0 Å². The third kappa shape index (κ3) is 3.06. The zero-order valence-corrected chi connectivity index (χ0v) is 14.6. The summed E-state index contributed by atoms with van der Waals surface area (Å²) in [7, 11) is 1.75. The van der Waals surface area contributed by atoms with Crippen molar-refractivity contribution in [3.8, 4) is 0 Å². The lowest BCUT2D eigenvalue weighted by Crippen LogP contribution is -2.28. The molecule has 0 saturated heterocycles. The molecule has 2 aliphatic carbocycles. The first-order chi connectivity index (χ1) is 10.3. The summed E-state index contributed by atoms with van der Waals surface area (Å²) in [4.78, 5) is 0. The summed E-state index contributed by atoms with van der Waals surface area (Å²) in [5.74, 6) is 2.69. The number of rotatable bonds is 8. The van der Waals surface area contributed by atoms with Crippen molar-refractivity contribution < 1.29 is 4.74 Å². The number of nitrogens with zero attached hydrogens (tertiary/aromatic N) is 2. The number of nitrogens with one attached hydrogen (secondary N) is 1. The second-order valence-corrected chi connectivity index (χ2v) is 7.22. The van der Waals surface area contributed by atoms with Gasteiger partial charge in [-0.2, -0.15) is 5.10 Å². The molecule has 0 aromatic carbocycles. The van der Waals surface area contributed by atoms with Crippen molar-refractivity contribution in [2.45, 2.75) is 45.2 Å². The molecule has 0 amide bonds. The minimum absolute atomic E-state index is 0.439. The van der Waals surface area contributed by atoms with Crippen LogP contribution in [0.15, 0.2) is 10.7 Å². The molecule has 4 nitrogen and oxygen atoms in total. The van der Waals surface area contributed by atoms with Crippen LogP contribution in [0.5, 0.6) is 0 Å². The molecule has 21 heavy (non-hydrogen) atoms. The van der Waals surface area contributed by atoms with Gasteiger partial charge in [-0.1, -0.05) is 13.3 Å². The van der Waals surface area contributed by atoms with E-state index in [0.717, 1.165) is 35.3 Å². The third-order valence-corrected chi connectivity index (χ3v) is 5.72. The third-order valence-electron chi connectivity index (χ3n) is 5.11. The van der Waals surface area contributed by atoms with Gasteiger partial charge >= 0.3 is 0 Å². The second kappa shape index (κ2) is 6.80. The molecule has 0 aliphatic heterocycles. The molecule has 5 heteroatoms. The molecule has 3 unspecified atom stereocenters. The van der Waals surface area contributed by atoms with Gasteiger partial charge in [0.25, 0.3) is 0 Å². The fourth-order valence-electron chi connectivity index (χ4n) is 4.12. The van der Waals surface area contributed by atoms with Gasteiger partial charge in [0.2, 0.25) is 0 Å². The predicted octanol–water partition coefficient (Wildman–Crippen LogP) is 3.38. The van der Waals surface area contributed by atoms with Crippen LogP contribution in [-0.2, 0) is 11.3 Å². The van der Waals surface area contributed by atoms with Gasteiger partial charge in [-0.3, -0.25) is 4.68 Å². The van der Waals surface area contributed by atoms with E-state index >= 15 is 0 Å². The van der Waals surface area contributed by atoms with Crippen molar-refractivity contribution >= 4 is 15.9 Å². The summed E-state index contributed by atoms with van der Waals surface area (Å²) in [5, 5.41) is 8.32. The molecule has 2 aliphatic rings. The number of methoxy groups -OCH3 is 1. The van der Waals surface area contributed by atoms with Crippen LogP contribution in [0.1, 0.15) is 44.3 Å². The monoisotopic (exact) mass is 355 g/mol. The highest BCUT2D eigenvalue weighted by Gasteiger charge is 2.56. The normalized spacial score (nSPS) is 28.6. The van der Waals surface area contributed by atoms with Gasteiger partial charge in [-0.05, 0) is 59.5 Å². The lowest BCUT2D eigenvalue weighted by molar-refractivity contribution is 0.181. The fourth-order valence-corrected chi connectivity index (χ4v) is 4.67.